The van der Waals surface area contributed by atoms with Gasteiger partial charge in [0.25, 0.3) is 0 Å². The van der Waals surface area contributed by atoms with Crippen molar-refractivity contribution in [1.82, 2.24) is 10.6 Å². The van der Waals surface area contributed by atoms with Crippen LogP contribution in [0.1, 0.15) is 83.5 Å². The summed E-state index contributed by atoms with van der Waals surface area (Å²) in [6, 6.07) is 0. The molecule has 1 saturated heterocycles. The maximum absolute atomic E-state index is 13.5. The highest BCUT2D eigenvalue weighted by Crippen LogP contribution is 2.49. The van der Waals surface area contributed by atoms with E-state index in [4.69, 9.17) is 9.47 Å². The minimum absolute atomic E-state index is 0.103. The van der Waals surface area contributed by atoms with Crippen LogP contribution in [0.15, 0.2) is 0 Å². The molecule has 0 spiro atoms. The Morgan fingerprint density at radius 3 is 2.23 bits per heavy atom. The van der Waals surface area contributed by atoms with Crippen LogP contribution in [0.4, 0.5) is 0 Å². The van der Waals surface area contributed by atoms with Gasteiger partial charge in [0.05, 0.1) is 18.6 Å². The van der Waals surface area contributed by atoms with Crippen LogP contribution in [0.2, 0.25) is 0 Å². The molecule has 0 aromatic carbocycles. The van der Waals surface area contributed by atoms with Gasteiger partial charge in [-0.3, -0.25) is 9.59 Å². The number of ether oxygens (including phenoxy) is 2. The fourth-order valence-corrected chi connectivity index (χ4v) is 5.96. The smallest absolute Gasteiger partial charge is 0.306 e. The van der Waals surface area contributed by atoms with E-state index in [0.717, 1.165) is 51.4 Å². The van der Waals surface area contributed by atoms with E-state index in [9.17, 15) is 14.7 Å². The van der Waals surface area contributed by atoms with Crippen molar-refractivity contribution in [1.29, 1.82) is 0 Å². The molecule has 31 heavy (non-hydrogen) atoms. The fourth-order valence-electron chi connectivity index (χ4n) is 5.96. The summed E-state index contributed by atoms with van der Waals surface area (Å²) >= 11 is 0. The molecule has 4 rings (SSSR count). The number of carbonyl (C=O) groups excluding carboxylic acids is 1. The standard InChI is InChI=1S/C24H40N2O5/c27-21(28)18-6-8-19(9-7-18)23(10-11-23)26-22(29)24(12-15-30-16-13-24)25-14-17-31-20-4-2-1-3-5-20/h18-20,25H,1-17H2,(H,26,29)(H,27,28). The lowest BCUT2D eigenvalue weighted by molar-refractivity contribution is -0.143. The van der Waals surface area contributed by atoms with E-state index in [-0.39, 0.29) is 17.4 Å². The second kappa shape index (κ2) is 10.2. The number of hydrogen-bond acceptors (Lipinski definition) is 5. The lowest BCUT2D eigenvalue weighted by Gasteiger charge is -2.40. The molecule has 0 radical (unpaired) electrons. The first-order valence-corrected chi connectivity index (χ1v) is 12.5. The number of carboxylic acids is 1. The van der Waals surface area contributed by atoms with Gasteiger partial charge in [0.2, 0.25) is 5.91 Å². The van der Waals surface area contributed by atoms with E-state index in [1.54, 1.807) is 0 Å². The molecule has 7 heteroatoms. The first kappa shape index (κ1) is 23.0. The Balaban J connectivity index is 1.30. The predicted molar refractivity (Wildman–Crippen MR) is 117 cm³/mol. The van der Waals surface area contributed by atoms with Crippen LogP contribution in [0.3, 0.4) is 0 Å². The Hall–Kier alpha value is -1.18. The average molecular weight is 437 g/mol. The largest absolute Gasteiger partial charge is 0.481 e. The lowest BCUT2D eigenvalue weighted by Crippen LogP contribution is -2.63. The number of nitrogens with one attached hydrogen (secondary N) is 2. The highest BCUT2D eigenvalue weighted by Gasteiger charge is 2.53. The Bertz CT molecular complexity index is 615. The molecule has 1 aliphatic heterocycles. The highest BCUT2D eigenvalue weighted by atomic mass is 16.5. The van der Waals surface area contributed by atoms with Gasteiger partial charge in [-0.2, -0.15) is 0 Å². The number of carboxylic acid groups (broad SMARTS) is 1. The molecule has 4 aliphatic rings. The Morgan fingerprint density at radius 2 is 1.61 bits per heavy atom. The van der Waals surface area contributed by atoms with Crippen LogP contribution >= 0.6 is 0 Å². The molecule has 0 aromatic rings. The molecule has 3 N–H and O–H groups in total. The normalized spacial score (nSPS) is 30.5. The summed E-state index contributed by atoms with van der Waals surface area (Å²) in [7, 11) is 0. The number of aliphatic carboxylic acids is 1. The van der Waals surface area contributed by atoms with Gasteiger partial charge in [0.1, 0.15) is 5.54 Å². The molecule has 1 amide bonds. The van der Waals surface area contributed by atoms with Crippen LogP contribution in [-0.2, 0) is 19.1 Å². The Kier molecular flexibility index (Phi) is 7.55. The van der Waals surface area contributed by atoms with Gasteiger partial charge in [-0.15, -0.1) is 0 Å². The average Bonchev–Trinajstić information content (AvgIpc) is 3.59. The van der Waals surface area contributed by atoms with Crippen molar-refractivity contribution < 1.29 is 24.2 Å². The van der Waals surface area contributed by atoms with Gasteiger partial charge in [-0.05, 0) is 70.1 Å². The maximum Gasteiger partial charge on any atom is 0.306 e. The summed E-state index contributed by atoms with van der Waals surface area (Å²) in [5.41, 5.74) is -0.700. The van der Waals surface area contributed by atoms with Gasteiger partial charge in [0, 0.05) is 25.3 Å². The summed E-state index contributed by atoms with van der Waals surface area (Å²) in [6.07, 6.45) is 13.2. The molecule has 0 atom stereocenters. The van der Waals surface area contributed by atoms with Crippen molar-refractivity contribution in [2.45, 2.75) is 101 Å². The zero-order chi connectivity index (χ0) is 21.7. The topological polar surface area (TPSA) is 96.9 Å². The molecule has 7 nitrogen and oxygen atoms in total. The first-order valence-electron chi connectivity index (χ1n) is 12.5. The minimum Gasteiger partial charge on any atom is -0.481 e. The second-order valence-electron chi connectivity index (χ2n) is 10.2. The van der Waals surface area contributed by atoms with Gasteiger partial charge in [-0.25, -0.2) is 0 Å². The van der Waals surface area contributed by atoms with Gasteiger partial charge < -0.3 is 25.2 Å². The molecule has 4 fully saturated rings. The van der Waals surface area contributed by atoms with Gasteiger partial charge in [-0.1, -0.05) is 19.3 Å². The second-order valence-corrected chi connectivity index (χ2v) is 10.2. The number of hydrogen-bond donors (Lipinski definition) is 3. The monoisotopic (exact) mass is 436 g/mol. The first-order chi connectivity index (χ1) is 15.0. The van der Waals surface area contributed by atoms with Crippen molar-refractivity contribution in [2.24, 2.45) is 11.8 Å². The van der Waals surface area contributed by atoms with E-state index >= 15 is 0 Å². The zero-order valence-corrected chi connectivity index (χ0v) is 18.8. The molecule has 0 unspecified atom stereocenters. The molecular formula is C24H40N2O5. The highest BCUT2D eigenvalue weighted by molar-refractivity contribution is 5.87. The van der Waals surface area contributed by atoms with E-state index in [1.807, 2.05) is 0 Å². The van der Waals surface area contributed by atoms with Crippen molar-refractivity contribution in [3.8, 4) is 0 Å². The lowest BCUT2D eigenvalue weighted by atomic mass is 9.76. The maximum atomic E-state index is 13.5. The number of carbonyl (C=O) groups is 2. The van der Waals surface area contributed by atoms with E-state index in [1.165, 1.54) is 19.3 Å². The quantitative estimate of drug-likeness (QED) is 0.481. The summed E-state index contributed by atoms with van der Waals surface area (Å²) in [5, 5.41) is 16.3. The third-order valence-corrected chi connectivity index (χ3v) is 8.26. The van der Waals surface area contributed by atoms with Crippen LogP contribution in [0.5, 0.6) is 0 Å². The number of amides is 1. The summed E-state index contributed by atoms with van der Waals surface area (Å²) in [4.78, 5) is 24.8. The van der Waals surface area contributed by atoms with E-state index in [0.29, 0.717) is 51.2 Å². The van der Waals surface area contributed by atoms with Crippen molar-refractivity contribution in [3.63, 3.8) is 0 Å². The summed E-state index contributed by atoms with van der Waals surface area (Å²) in [6.45, 7) is 2.52. The van der Waals surface area contributed by atoms with Crippen LogP contribution < -0.4 is 10.6 Å². The summed E-state index contributed by atoms with van der Waals surface area (Å²) in [5.74, 6) is -0.381. The van der Waals surface area contributed by atoms with Crippen molar-refractivity contribution in [3.05, 3.63) is 0 Å². The Morgan fingerprint density at radius 1 is 0.935 bits per heavy atom. The van der Waals surface area contributed by atoms with E-state index in [2.05, 4.69) is 10.6 Å². The Labute approximate surface area is 186 Å². The van der Waals surface area contributed by atoms with Crippen LogP contribution in [0.25, 0.3) is 0 Å². The van der Waals surface area contributed by atoms with Crippen LogP contribution in [-0.4, -0.2) is 60.5 Å². The van der Waals surface area contributed by atoms with Gasteiger partial charge in [0.15, 0.2) is 0 Å². The number of rotatable bonds is 9. The third-order valence-electron chi connectivity index (χ3n) is 8.26. The zero-order valence-electron chi connectivity index (χ0n) is 18.8. The third kappa shape index (κ3) is 5.60. The van der Waals surface area contributed by atoms with Gasteiger partial charge >= 0.3 is 5.97 Å². The molecule has 0 aromatic heterocycles. The predicted octanol–water partition coefficient (Wildman–Crippen LogP) is 3.01. The molecule has 3 aliphatic carbocycles. The minimum atomic E-state index is -0.673. The van der Waals surface area contributed by atoms with Crippen molar-refractivity contribution in [2.75, 3.05) is 26.4 Å². The van der Waals surface area contributed by atoms with E-state index < -0.39 is 11.5 Å². The van der Waals surface area contributed by atoms with Crippen LogP contribution in [0, 0.1) is 11.8 Å². The molecule has 3 saturated carbocycles. The fraction of sp³-hybridized carbons (Fsp3) is 0.917. The summed E-state index contributed by atoms with van der Waals surface area (Å²) < 4.78 is 11.6. The molecule has 1 heterocycles. The SMILES string of the molecule is O=C(O)C1CCC(C2(NC(=O)C3(NCCOC4CCCCC4)CCOCC3)CC2)CC1. The molecular weight excluding hydrogens is 396 g/mol. The van der Waals surface area contributed by atoms with Crippen molar-refractivity contribution >= 4 is 11.9 Å². The molecule has 0 bridgehead atoms. The molecule has 176 valence electrons.